The molecule has 0 aliphatic carbocycles. The second-order valence-electron chi connectivity index (χ2n) is 9.31. The third-order valence-corrected chi connectivity index (χ3v) is 7.41. The van der Waals surface area contributed by atoms with Gasteiger partial charge in [-0.15, -0.1) is 11.3 Å². The number of aromatic nitrogens is 2. The number of carbonyl (C=O) groups excluding carboxylic acids is 2. The van der Waals surface area contributed by atoms with Gasteiger partial charge in [0.05, 0.1) is 28.9 Å². The van der Waals surface area contributed by atoms with Crippen LogP contribution in [0.1, 0.15) is 19.5 Å². The first-order valence-electron chi connectivity index (χ1n) is 12.7. The summed E-state index contributed by atoms with van der Waals surface area (Å²) in [7, 11) is 1.61. The maximum absolute atomic E-state index is 13.1. The summed E-state index contributed by atoms with van der Waals surface area (Å²) < 4.78 is 12.3. The van der Waals surface area contributed by atoms with E-state index in [1.807, 2.05) is 66.9 Å². The molecule has 1 atom stereocenters. The lowest BCUT2D eigenvalue weighted by molar-refractivity contribution is -0.131. The highest BCUT2D eigenvalue weighted by atomic mass is 32.1. The lowest BCUT2D eigenvalue weighted by atomic mass is 10.0. The molecule has 0 aliphatic rings. The number of carbonyl (C=O) groups is 2. The van der Waals surface area contributed by atoms with Crippen LogP contribution in [0.4, 0.5) is 0 Å². The van der Waals surface area contributed by atoms with Gasteiger partial charge < -0.3 is 24.7 Å². The van der Waals surface area contributed by atoms with Gasteiger partial charge in [-0.1, -0.05) is 36.4 Å². The molecular formula is C30H32N4O4S. The molecule has 0 radical (unpaired) electrons. The molecule has 5 aromatic rings. The Morgan fingerprint density at radius 3 is 2.77 bits per heavy atom. The van der Waals surface area contributed by atoms with Gasteiger partial charge in [0.2, 0.25) is 5.91 Å². The van der Waals surface area contributed by atoms with Gasteiger partial charge in [0.15, 0.2) is 6.61 Å². The van der Waals surface area contributed by atoms with E-state index in [-0.39, 0.29) is 25.9 Å². The Morgan fingerprint density at radius 2 is 1.92 bits per heavy atom. The highest BCUT2D eigenvalue weighted by molar-refractivity contribution is 7.16. The number of amides is 2. The van der Waals surface area contributed by atoms with Crippen molar-refractivity contribution in [2.24, 2.45) is 0 Å². The molecule has 3 aromatic carbocycles. The Kier molecular flexibility index (Phi) is 8.07. The van der Waals surface area contributed by atoms with Gasteiger partial charge in [0, 0.05) is 44.1 Å². The molecule has 1 unspecified atom stereocenters. The lowest BCUT2D eigenvalue weighted by Crippen LogP contribution is -2.47. The van der Waals surface area contributed by atoms with Gasteiger partial charge in [-0.3, -0.25) is 9.59 Å². The van der Waals surface area contributed by atoms with Crippen LogP contribution in [-0.2, 0) is 22.6 Å². The summed E-state index contributed by atoms with van der Waals surface area (Å²) in [6, 6.07) is 20.9. The van der Waals surface area contributed by atoms with Crippen LogP contribution < -0.4 is 14.8 Å². The average molecular weight is 545 g/mol. The second-order valence-corrected chi connectivity index (χ2v) is 10.2. The van der Waals surface area contributed by atoms with Crippen LogP contribution in [0.15, 0.2) is 78.4 Å². The fourth-order valence-corrected chi connectivity index (χ4v) is 5.39. The van der Waals surface area contributed by atoms with E-state index in [9.17, 15) is 9.59 Å². The van der Waals surface area contributed by atoms with Gasteiger partial charge in [-0.25, -0.2) is 4.98 Å². The minimum Gasteiger partial charge on any atom is -0.496 e. The normalized spacial score (nSPS) is 11.8. The van der Waals surface area contributed by atoms with Crippen molar-refractivity contribution in [2.75, 3.05) is 20.3 Å². The van der Waals surface area contributed by atoms with E-state index in [0.717, 1.165) is 32.2 Å². The van der Waals surface area contributed by atoms with E-state index in [0.29, 0.717) is 31.0 Å². The minimum atomic E-state index is -0.345. The number of nitrogens with one attached hydrogen (secondary N) is 2. The van der Waals surface area contributed by atoms with Crippen LogP contribution in [0.3, 0.4) is 0 Å². The summed E-state index contributed by atoms with van der Waals surface area (Å²) >= 11 is 1.52. The number of hydrogen-bond acceptors (Lipinski definition) is 6. The summed E-state index contributed by atoms with van der Waals surface area (Å²) in [5.41, 5.74) is 5.66. The Bertz CT molecular complexity index is 1600. The Morgan fingerprint density at radius 1 is 1.10 bits per heavy atom. The molecule has 0 saturated heterocycles. The number of rotatable bonds is 11. The zero-order valence-electron chi connectivity index (χ0n) is 21.8. The molecule has 0 fully saturated rings. The molecule has 0 bridgehead atoms. The van der Waals surface area contributed by atoms with E-state index in [4.69, 9.17) is 9.47 Å². The molecule has 2 aromatic heterocycles. The van der Waals surface area contributed by atoms with Crippen molar-refractivity contribution in [1.29, 1.82) is 0 Å². The number of fused-ring (bicyclic) bond motifs is 2. The number of ether oxygens (including phenoxy) is 2. The Balaban J connectivity index is 0.00000370. The van der Waals surface area contributed by atoms with Crippen molar-refractivity contribution >= 4 is 44.3 Å². The third kappa shape index (κ3) is 6.38. The monoisotopic (exact) mass is 544 g/mol. The fourth-order valence-electron chi connectivity index (χ4n) is 4.68. The van der Waals surface area contributed by atoms with Crippen LogP contribution in [0.2, 0.25) is 0 Å². The summed E-state index contributed by atoms with van der Waals surface area (Å²) in [6.07, 6.45) is 2.50. The molecule has 0 saturated carbocycles. The van der Waals surface area contributed by atoms with Crippen LogP contribution in [-0.4, -0.2) is 53.0 Å². The SMILES string of the molecule is COc1ccccc1CN(CC(Cc1c[nH]c2ccccc12)NC(=O)COc1ccc2ncsc2c1)C(C)=O.[HH]. The summed E-state index contributed by atoms with van der Waals surface area (Å²) in [5, 5.41) is 4.20. The van der Waals surface area contributed by atoms with Crippen molar-refractivity contribution in [1.82, 2.24) is 20.2 Å². The number of para-hydroxylation sites is 2. The van der Waals surface area contributed by atoms with Gasteiger partial charge in [0.25, 0.3) is 5.91 Å². The van der Waals surface area contributed by atoms with Gasteiger partial charge >= 0.3 is 0 Å². The highest BCUT2D eigenvalue weighted by Crippen LogP contribution is 2.24. The lowest BCUT2D eigenvalue weighted by Gasteiger charge is -2.28. The minimum absolute atomic E-state index is 0. The van der Waals surface area contributed by atoms with Gasteiger partial charge in [-0.2, -0.15) is 0 Å². The quantitative estimate of drug-likeness (QED) is 0.239. The first-order chi connectivity index (χ1) is 19.0. The molecule has 5 rings (SSSR count). The van der Waals surface area contributed by atoms with Crippen LogP contribution in [0.25, 0.3) is 21.1 Å². The van der Waals surface area contributed by atoms with Crippen molar-refractivity contribution < 1.29 is 20.5 Å². The predicted molar refractivity (Wildman–Crippen MR) is 155 cm³/mol. The molecule has 9 heteroatoms. The zero-order chi connectivity index (χ0) is 27.2. The molecule has 2 N–H and O–H groups in total. The smallest absolute Gasteiger partial charge is 0.258 e. The van der Waals surface area contributed by atoms with Crippen molar-refractivity contribution in [3.05, 3.63) is 89.6 Å². The maximum Gasteiger partial charge on any atom is 0.258 e. The Labute approximate surface area is 232 Å². The van der Waals surface area contributed by atoms with Gasteiger partial charge in [-0.05, 0) is 42.3 Å². The predicted octanol–water partition coefficient (Wildman–Crippen LogP) is 5.19. The average Bonchev–Trinajstić information content (AvgIpc) is 3.58. The van der Waals surface area contributed by atoms with Crippen molar-refractivity contribution in [2.45, 2.75) is 25.9 Å². The number of nitrogens with zero attached hydrogens (tertiary/aromatic N) is 2. The molecule has 2 amide bonds. The second kappa shape index (κ2) is 12.0. The summed E-state index contributed by atoms with van der Waals surface area (Å²) in [5.74, 6) is 0.974. The van der Waals surface area contributed by atoms with E-state index >= 15 is 0 Å². The molecule has 2 heterocycles. The van der Waals surface area contributed by atoms with Crippen molar-refractivity contribution in [3.8, 4) is 11.5 Å². The van der Waals surface area contributed by atoms with E-state index in [2.05, 4.69) is 21.4 Å². The number of thiazole rings is 1. The number of H-pyrrole nitrogens is 1. The highest BCUT2D eigenvalue weighted by Gasteiger charge is 2.22. The number of aromatic amines is 1. The van der Waals surface area contributed by atoms with Gasteiger partial charge in [0.1, 0.15) is 11.5 Å². The van der Waals surface area contributed by atoms with Crippen LogP contribution in [0.5, 0.6) is 11.5 Å². The maximum atomic E-state index is 13.1. The molecule has 8 nitrogen and oxygen atoms in total. The largest absolute Gasteiger partial charge is 0.496 e. The molecular weight excluding hydrogens is 512 g/mol. The fraction of sp³-hybridized carbons (Fsp3) is 0.233. The van der Waals surface area contributed by atoms with E-state index in [1.165, 1.54) is 11.3 Å². The third-order valence-electron chi connectivity index (χ3n) is 6.62. The first-order valence-corrected chi connectivity index (χ1v) is 13.6. The molecule has 0 aliphatic heterocycles. The first kappa shape index (κ1) is 26.2. The summed E-state index contributed by atoms with van der Waals surface area (Å²) in [6.45, 7) is 2.09. The molecule has 0 spiro atoms. The van der Waals surface area contributed by atoms with Crippen LogP contribution in [0, 0.1) is 0 Å². The number of hydrogen-bond donors (Lipinski definition) is 2. The number of methoxy groups -OCH3 is 1. The topological polar surface area (TPSA) is 96.6 Å². The zero-order valence-corrected chi connectivity index (χ0v) is 22.7. The van der Waals surface area contributed by atoms with Crippen LogP contribution >= 0.6 is 11.3 Å². The Hall–Kier alpha value is -4.37. The van der Waals surface area contributed by atoms with E-state index < -0.39 is 0 Å². The summed E-state index contributed by atoms with van der Waals surface area (Å²) in [4.78, 5) is 35.1. The molecule has 202 valence electrons. The number of benzene rings is 3. The molecule has 39 heavy (non-hydrogen) atoms. The van der Waals surface area contributed by atoms with E-state index in [1.54, 1.807) is 24.4 Å². The standard InChI is InChI=1S/C30H30N4O4S.H2/c1-20(35)34(16-21-7-3-6-10-28(21)37-2)17-23(13-22-15-31-26-9-5-4-8-25(22)26)33-30(36)18-38-24-11-12-27-29(14-24)39-19-32-27;/h3-12,14-15,19,23,31H,13,16-18H2,1-2H3,(H,33,36);1H. The van der Waals surface area contributed by atoms with Crippen molar-refractivity contribution in [3.63, 3.8) is 0 Å².